The van der Waals surface area contributed by atoms with E-state index in [2.05, 4.69) is 45.9 Å². The Morgan fingerprint density at radius 3 is 2.35 bits per heavy atom. The maximum atomic E-state index is 13.7. The van der Waals surface area contributed by atoms with Gasteiger partial charge in [0.25, 0.3) is 5.91 Å². The van der Waals surface area contributed by atoms with E-state index in [1.165, 1.54) is 11.1 Å². The summed E-state index contributed by atoms with van der Waals surface area (Å²) in [7, 11) is 1.80. The number of aromatic hydroxyl groups is 1. The van der Waals surface area contributed by atoms with E-state index in [0.29, 0.717) is 29.0 Å². The van der Waals surface area contributed by atoms with Crippen LogP contribution in [-0.4, -0.2) is 29.8 Å². The van der Waals surface area contributed by atoms with Crippen molar-refractivity contribution >= 4 is 28.9 Å². The van der Waals surface area contributed by atoms with Crippen molar-refractivity contribution in [1.29, 1.82) is 0 Å². The van der Waals surface area contributed by atoms with Crippen LogP contribution in [0.25, 0.3) is 0 Å². The van der Waals surface area contributed by atoms with Gasteiger partial charge in [-0.3, -0.25) is 9.79 Å². The Hall–Kier alpha value is -3.11. The average Bonchev–Trinajstić information content (AvgIpc) is 2.89. The summed E-state index contributed by atoms with van der Waals surface area (Å²) in [4.78, 5) is 20.4. The van der Waals surface area contributed by atoms with Crippen molar-refractivity contribution in [3.63, 3.8) is 0 Å². The molecule has 1 amide bonds. The Labute approximate surface area is 206 Å². The molecular formula is C29H31ClN2O2. The Kier molecular flexibility index (Phi) is 6.81. The number of hydrogen-bond acceptors (Lipinski definition) is 3. The second-order valence-corrected chi connectivity index (χ2v) is 9.97. The van der Waals surface area contributed by atoms with Crippen LogP contribution in [0.2, 0.25) is 5.02 Å². The van der Waals surface area contributed by atoms with Crippen molar-refractivity contribution in [2.24, 2.45) is 4.99 Å². The largest absolute Gasteiger partial charge is 0.508 e. The Morgan fingerprint density at radius 1 is 1.00 bits per heavy atom. The molecule has 0 bridgehead atoms. The summed E-state index contributed by atoms with van der Waals surface area (Å²) in [5, 5.41) is 10.4. The molecule has 1 atom stereocenters. The molecule has 0 saturated carbocycles. The zero-order valence-electron chi connectivity index (χ0n) is 20.3. The third-order valence-electron chi connectivity index (χ3n) is 6.46. The van der Waals surface area contributed by atoms with Crippen molar-refractivity contribution in [3.05, 3.63) is 93.5 Å². The van der Waals surface area contributed by atoms with Crippen LogP contribution < -0.4 is 4.90 Å². The molecule has 0 saturated heterocycles. The molecule has 0 spiro atoms. The Bertz CT molecular complexity index is 1250. The van der Waals surface area contributed by atoms with E-state index in [-0.39, 0.29) is 11.7 Å². The van der Waals surface area contributed by atoms with E-state index in [0.717, 1.165) is 22.4 Å². The minimum absolute atomic E-state index is 0.0537. The number of rotatable bonds is 5. The molecule has 5 heteroatoms. The Balaban J connectivity index is 1.88. The molecule has 176 valence electrons. The number of amides is 1. The summed E-state index contributed by atoms with van der Waals surface area (Å²) in [5.41, 5.74) is 6.88. The van der Waals surface area contributed by atoms with Crippen LogP contribution in [0.15, 0.2) is 65.7 Å². The maximum Gasteiger partial charge on any atom is 0.251 e. The summed E-state index contributed by atoms with van der Waals surface area (Å²) >= 11 is 6.36. The van der Waals surface area contributed by atoms with E-state index < -0.39 is 6.04 Å². The van der Waals surface area contributed by atoms with Crippen molar-refractivity contribution in [1.82, 2.24) is 0 Å². The molecule has 4 nitrogen and oxygen atoms in total. The SMILES string of the molecule is CC(C)c1cccc(CC2N=C(c3ccc(O)cc3)c3cc(Cl)ccc3N(C)C2=O)c1C(C)C. The number of phenolic OH excluding ortho intramolecular Hbond substituents is 1. The number of anilines is 1. The van der Waals surface area contributed by atoms with Gasteiger partial charge in [0.2, 0.25) is 0 Å². The molecule has 4 rings (SSSR count). The van der Waals surface area contributed by atoms with Gasteiger partial charge in [0.05, 0.1) is 11.4 Å². The molecule has 1 aliphatic rings. The number of hydrogen-bond donors (Lipinski definition) is 1. The molecular weight excluding hydrogens is 444 g/mol. The lowest BCUT2D eigenvalue weighted by atomic mass is 9.85. The number of aliphatic imine (C=N–C) groups is 1. The van der Waals surface area contributed by atoms with E-state index >= 15 is 0 Å². The molecule has 0 aromatic heterocycles. The second-order valence-electron chi connectivity index (χ2n) is 9.53. The van der Waals surface area contributed by atoms with Gasteiger partial charge in [-0.05, 0) is 71.0 Å². The molecule has 3 aromatic rings. The smallest absolute Gasteiger partial charge is 0.251 e. The van der Waals surface area contributed by atoms with E-state index in [9.17, 15) is 9.90 Å². The number of fused-ring (bicyclic) bond motifs is 1. The van der Waals surface area contributed by atoms with Gasteiger partial charge in [-0.1, -0.05) is 57.5 Å². The minimum atomic E-state index is -0.583. The van der Waals surface area contributed by atoms with Crippen LogP contribution in [0.1, 0.15) is 67.3 Å². The quantitative estimate of drug-likeness (QED) is 0.446. The molecule has 0 fully saturated rings. The van der Waals surface area contributed by atoms with E-state index in [1.807, 2.05) is 24.3 Å². The lowest BCUT2D eigenvalue weighted by molar-refractivity contribution is -0.119. The lowest BCUT2D eigenvalue weighted by Crippen LogP contribution is -2.36. The molecule has 1 heterocycles. The Morgan fingerprint density at radius 2 is 1.71 bits per heavy atom. The number of phenols is 1. The van der Waals surface area contributed by atoms with Gasteiger partial charge in [0, 0.05) is 29.6 Å². The van der Waals surface area contributed by atoms with Crippen LogP contribution in [0.3, 0.4) is 0 Å². The summed E-state index contributed by atoms with van der Waals surface area (Å²) in [5.74, 6) is 0.860. The standard InChI is InChI=1S/C29H31ClN2O2/c1-17(2)23-8-6-7-20(27(23)18(3)4)15-25-29(34)32(5)26-14-11-21(30)16-24(26)28(31-25)19-9-12-22(33)13-10-19/h6-14,16-18,25,33H,15H2,1-5H3. The van der Waals surface area contributed by atoms with Gasteiger partial charge < -0.3 is 10.0 Å². The highest BCUT2D eigenvalue weighted by Gasteiger charge is 2.31. The van der Waals surface area contributed by atoms with Gasteiger partial charge in [-0.15, -0.1) is 0 Å². The van der Waals surface area contributed by atoms with Gasteiger partial charge >= 0.3 is 0 Å². The third kappa shape index (κ3) is 4.60. The van der Waals surface area contributed by atoms with Crippen molar-refractivity contribution < 1.29 is 9.90 Å². The van der Waals surface area contributed by atoms with Crippen LogP contribution in [0.4, 0.5) is 5.69 Å². The van der Waals surface area contributed by atoms with Crippen LogP contribution in [0.5, 0.6) is 5.75 Å². The molecule has 1 aliphatic heterocycles. The zero-order valence-corrected chi connectivity index (χ0v) is 21.1. The van der Waals surface area contributed by atoms with Crippen LogP contribution >= 0.6 is 11.6 Å². The highest BCUT2D eigenvalue weighted by Crippen LogP contribution is 2.34. The fourth-order valence-corrected chi connectivity index (χ4v) is 4.99. The highest BCUT2D eigenvalue weighted by atomic mass is 35.5. The van der Waals surface area contributed by atoms with E-state index in [1.54, 1.807) is 30.1 Å². The summed E-state index contributed by atoms with van der Waals surface area (Å²) in [6, 6.07) is 18.2. The molecule has 1 unspecified atom stereocenters. The van der Waals surface area contributed by atoms with Crippen LogP contribution in [0, 0.1) is 0 Å². The van der Waals surface area contributed by atoms with Gasteiger partial charge in [-0.25, -0.2) is 0 Å². The summed E-state index contributed by atoms with van der Waals surface area (Å²) < 4.78 is 0. The average molecular weight is 475 g/mol. The molecule has 0 aliphatic carbocycles. The first-order valence-corrected chi connectivity index (χ1v) is 12.1. The second kappa shape index (κ2) is 9.63. The highest BCUT2D eigenvalue weighted by molar-refractivity contribution is 6.32. The number of carbonyl (C=O) groups is 1. The maximum absolute atomic E-state index is 13.7. The predicted molar refractivity (Wildman–Crippen MR) is 141 cm³/mol. The number of benzene rings is 3. The number of carbonyl (C=O) groups excluding carboxylic acids is 1. The summed E-state index contributed by atoms with van der Waals surface area (Å²) in [6.45, 7) is 8.82. The fourth-order valence-electron chi connectivity index (χ4n) is 4.82. The van der Waals surface area contributed by atoms with Gasteiger partial charge in [0.15, 0.2) is 0 Å². The van der Waals surface area contributed by atoms with Crippen molar-refractivity contribution in [3.8, 4) is 5.75 Å². The first-order valence-electron chi connectivity index (χ1n) is 11.7. The molecule has 1 N–H and O–H groups in total. The topological polar surface area (TPSA) is 52.9 Å². The molecule has 3 aromatic carbocycles. The first kappa shape index (κ1) is 24.0. The zero-order chi connectivity index (χ0) is 24.6. The van der Waals surface area contributed by atoms with Gasteiger partial charge in [-0.2, -0.15) is 0 Å². The number of benzodiazepines with no additional fused rings is 1. The number of likely N-dealkylation sites (N-methyl/N-ethyl adjacent to an activating group) is 1. The first-order chi connectivity index (χ1) is 16.2. The van der Waals surface area contributed by atoms with Crippen molar-refractivity contribution in [2.45, 2.75) is 52.0 Å². The summed E-state index contributed by atoms with van der Waals surface area (Å²) in [6.07, 6.45) is 0.514. The van der Waals surface area contributed by atoms with E-state index in [4.69, 9.17) is 16.6 Å². The minimum Gasteiger partial charge on any atom is -0.508 e. The number of nitrogens with zero attached hydrogens (tertiary/aromatic N) is 2. The molecule has 34 heavy (non-hydrogen) atoms. The van der Waals surface area contributed by atoms with Crippen LogP contribution in [-0.2, 0) is 11.2 Å². The van der Waals surface area contributed by atoms with Crippen molar-refractivity contribution in [2.75, 3.05) is 11.9 Å². The predicted octanol–water partition coefficient (Wildman–Crippen LogP) is 6.72. The molecule has 0 radical (unpaired) electrons. The number of halogens is 1. The monoisotopic (exact) mass is 474 g/mol. The lowest BCUT2D eigenvalue weighted by Gasteiger charge is -2.24. The van der Waals surface area contributed by atoms with Gasteiger partial charge in [0.1, 0.15) is 11.8 Å². The third-order valence-corrected chi connectivity index (χ3v) is 6.69. The normalized spacial score (nSPS) is 16.0. The fraction of sp³-hybridized carbons (Fsp3) is 0.310.